The molecule has 0 aliphatic heterocycles. The lowest BCUT2D eigenvalue weighted by Crippen LogP contribution is -2.09. The molecule has 0 bridgehead atoms. The summed E-state index contributed by atoms with van der Waals surface area (Å²) in [6, 6.07) is 10.1. The molecule has 0 fully saturated rings. The van der Waals surface area contributed by atoms with Gasteiger partial charge in [-0.1, -0.05) is 18.2 Å². The number of nitrogens with one attached hydrogen (secondary N) is 2. The summed E-state index contributed by atoms with van der Waals surface area (Å²) in [6.07, 6.45) is -4.74. The topological polar surface area (TPSA) is 40.7 Å². The Bertz CT molecular complexity index is 759. The molecule has 1 aromatic heterocycles. The number of imidazole rings is 1. The summed E-state index contributed by atoms with van der Waals surface area (Å²) in [5.74, 6) is -1.18. The standard InChI is InChI=1S/C14H9F4N3/c15-12-8(14(16,17)18)4-3-7-11(12)21-13-19-9-5-1-2-6-10(9)20-13/h1-7H,(H2,19,20,21). The minimum Gasteiger partial charge on any atom is -0.324 e. The van der Waals surface area contributed by atoms with E-state index < -0.39 is 17.6 Å². The lowest BCUT2D eigenvalue weighted by Gasteiger charge is -2.11. The van der Waals surface area contributed by atoms with Crippen molar-refractivity contribution in [3.8, 4) is 0 Å². The number of benzene rings is 2. The van der Waals surface area contributed by atoms with Crippen molar-refractivity contribution in [1.29, 1.82) is 0 Å². The second kappa shape index (κ2) is 4.76. The summed E-state index contributed by atoms with van der Waals surface area (Å²) in [5, 5.41) is 2.53. The second-order valence-corrected chi connectivity index (χ2v) is 4.39. The highest BCUT2D eigenvalue weighted by Gasteiger charge is 2.34. The number of halogens is 4. The van der Waals surface area contributed by atoms with Crippen molar-refractivity contribution >= 4 is 22.7 Å². The van der Waals surface area contributed by atoms with Gasteiger partial charge in [-0.25, -0.2) is 9.37 Å². The van der Waals surface area contributed by atoms with E-state index in [1.807, 2.05) is 0 Å². The Balaban J connectivity index is 1.98. The predicted molar refractivity (Wildman–Crippen MR) is 70.8 cm³/mol. The molecule has 0 amide bonds. The number of aromatic nitrogens is 2. The molecule has 0 saturated carbocycles. The van der Waals surface area contributed by atoms with Crippen molar-refractivity contribution in [3.05, 3.63) is 53.8 Å². The van der Waals surface area contributed by atoms with Crippen LogP contribution in [0.4, 0.5) is 29.2 Å². The van der Waals surface area contributed by atoms with Gasteiger partial charge < -0.3 is 10.3 Å². The number of nitrogens with zero attached hydrogens (tertiary/aromatic N) is 1. The van der Waals surface area contributed by atoms with Crippen molar-refractivity contribution in [2.45, 2.75) is 6.18 Å². The number of rotatable bonds is 2. The first-order valence-electron chi connectivity index (χ1n) is 6.02. The number of H-pyrrole nitrogens is 1. The Morgan fingerprint density at radius 3 is 2.48 bits per heavy atom. The first-order chi connectivity index (χ1) is 9.95. The summed E-state index contributed by atoms with van der Waals surface area (Å²) in [6.45, 7) is 0. The number of hydrogen-bond acceptors (Lipinski definition) is 2. The van der Waals surface area contributed by atoms with Crippen LogP contribution in [0.2, 0.25) is 0 Å². The number of alkyl halides is 3. The van der Waals surface area contributed by atoms with Gasteiger partial charge in [-0.3, -0.25) is 0 Å². The van der Waals surface area contributed by atoms with Gasteiger partial charge in [0, 0.05) is 0 Å². The van der Waals surface area contributed by atoms with E-state index in [2.05, 4.69) is 15.3 Å². The van der Waals surface area contributed by atoms with E-state index >= 15 is 0 Å². The molecule has 0 saturated heterocycles. The normalized spacial score (nSPS) is 11.8. The summed E-state index contributed by atoms with van der Waals surface area (Å²) in [5.41, 5.74) is -0.271. The average molecular weight is 295 g/mol. The van der Waals surface area contributed by atoms with E-state index in [4.69, 9.17) is 0 Å². The quantitative estimate of drug-likeness (QED) is 0.685. The monoisotopic (exact) mass is 295 g/mol. The third kappa shape index (κ3) is 2.54. The Hall–Kier alpha value is -2.57. The van der Waals surface area contributed by atoms with Crippen LogP contribution in [-0.4, -0.2) is 9.97 Å². The maximum atomic E-state index is 13.9. The van der Waals surface area contributed by atoms with E-state index in [0.29, 0.717) is 17.1 Å². The van der Waals surface area contributed by atoms with Crippen molar-refractivity contribution in [3.63, 3.8) is 0 Å². The highest BCUT2D eigenvalue weighted by molar-refractivity contribution is 5.78. The van der Waals surface area contributed by atoms with Crippen LogP contribution >= 0.6 is 0 Å². The van der Waals surface area contributed by atoms with Gasteiger partial charge in [0.05, 0.1) is 22.3 Å². The zero-order chi connectivity index (χ0) is 15.0. The smallest absolute Gasteiger partial charge is 0.324 e. The lowest BCUT2D eigenvalue weighted by molar-refractivity contribution is -0.139. The van der Waals surface area contributed by atoms with Gasteiger partial charge in [-0.15, -0.1) is 0 Å². The van der Waals surface area contributed by atoms with E-state index in [-0.39, 0.29) is 11.6 Å². The van der Waals surface area contributed by atoms with Crippen LogP contribution in [0.15, 0.2) is 42.5 Å². The molecular weight excluding hydrogens is 286 g/mol. The first kappa shape index (κ1) is 13.4. The molecule has 2 aromatic carbocycles. The molecule has 1 heterocycles. The average Bonchev–Trinajstić information content (AvgIpc) is 2.82. The van der Waals surface area contributed by atoms with Crippen LogP contribution < -0.4 is 5.32 Å². The van der Waals surface area contributed by atoms with E-state index in [9.17, 15) is 17.6 Å². The van der Waals surface area contributed by atoms with E-state index in [1.165, 1.54) is 6.07 Å². The minimum absolute atomic E-state index is 0.175. The molecule has 3 aromatic rings. The van der Waals surface area contributed by atoms with Crippen molar-refractivity contribution in [2.75, 3.05) is 5.32 Å². The molecule has 21 heavy (non-hydrogen) atoms. The van der Waals surface area contributed by atoms with Crippen LogP contribution in [0.5, 0.6) is 0 Å². The second-order valence-electron chi connectivity index (χ2n) is 4.39. The number of para-hydroxylation sites is 2. The third-order valence-electron chi connectivity index (χ3n) is 2.95. The molecule has 3 nitrogen and oxygen atoms in total. The van der Waals surface area contributed by atoms with Gasteiger partial charge in [0.25, 0.3) is 0 Å². The van der Waals surface area contributed by atoms with Crippen LogP contribution in [0.3, 0.4) is 0 Å². The van der Waals surface area contributed by atoms with Gasteiger partial charge in [0.15, 0.2) is 5.82 Å². The van der Waals surface area contributed by atoms with Crippen molar-refractivity contribution in [1.82, 2.24) is 9.97 Å². The molecule has 3 rings (SSSR count). The molecule has 0 aliphatic carbocycles. The highest BCUT2D eigenvalue weighted by atomic mass is 19.4. The SMILES string of the molecule is Fc1c(Nc2nc3ccccc3[nH]2)cccc1C(F)(F)F. The maximum absolute atomic E-state index is 13.9. The maximum Gasteiger partial charge on any atom is 0.419 e. The largest absolute Gasteiger partial charge is 0.419 e. The fraction of sp³-hybridized carbons (Fsp3) is 0.0714. The molecule has 0 radical (unpaired) electrons. The van der Waals surface area contributed by atoms with Crippen LogP contribution in [-0.2, 0) is 6.18 Å². The molecule has 0 atom stereocenters. The zero-order valence-electron chi connectivity index (χ0n) is 10.5. The van der Waals surface area contributed by atoms with Crippen molar-refractivity contribution < 1.29 is 17.6 Å². The summed E-state index contributed by atoms with van der Waals surface area (Å²) in [4.78, 5) is 6.99. The summed E-state index contributed by atoms with van der Waals surface area (Å²) in [7, 11) is 0. The predicted octanol–water partition coefficient (Wildman–Crippen LogP) is 4.46. The van der Waals surface area contributed by atoms with Crippen LogP contribution in [0.1, 0.15) is 5.56 Å². The number of anilines is 2. The molecule has 108 valence electrons. The Kier molecular flexibility index (Phi) is 3.04. The van der Waals surface area contributed by atoms with Gasteiger partial charge in [0.2, 0.25) is 5.95 Å². The summed E-state index contributed by atoms with van der Waals surface area (Å²) >= 11 is 0. The van der Waals surface area contributed by atoms with Gasteiger partial charge >= 0.3 is 6.18 Å². The molecular formula is C14H9F4N3. The van der Waals surface area contributed by atoms with E-state index in [1.54, 1.807) is 24.3 Å². The Morgan fingerprint density at radius 1 is 1.00 bits per heavy atom. The zero-order valence-corrected chi connectivity index (χ0v) is 10.5. The molecule has 7 heteroatoms. The lowest BCUT2D eigenvalue weighted by atomic mass is 10.2. The van der Waals surface area contributed by atoms with Gasteiger partial charge in [-0.05, 0) is 24.3 Å². The fourth-order valence-electron chi connectivity index (χ4n) is 1.99. The van der Waals surface area contributed by atoms with Crippen LogP contribution in [0.25, 0.3) is 11.0 Å². The molecule has 0 unspecified atom stereocenters. The van der Waals surface area contributed by atoms with E-state index in [0.717, 1.165) is 6.07 Å². The number of fused-ring (bicyclic) bond motifs is 1. The molecule has 0 spiro atoms. The third-order valence-corrected chi connectivity index (χ3v) is 2.95. The fourth-order valence-corrected chi connectivity index (χ4v) is 1.99. The minimum atomic E-state index is -4.74. The number of hydrogen-bond donors (Lipinski definition) is 2. The molecule has 0 aliphatic rings. The van der Waals surface area contributed by atoms with Crippen LogP contribution in [0, 0.1) is 5.82 Å². The number of aromatic amines is 1. The van der Waals surface area contributed by atoms with Crippen molar-refractivity contribution in [2.24, 2.45) is 0 Å². The van der Waals surface area contributed by atoms with Gasteiger partial charge in [-0.2, -0.15) is 13.2 Å². The highest BCUT2D eigenvalue weighted by Crippen LogP contribution is 2.34. The first-order valence-corrected chi connectivity index (χ1v) is 6.02. The summed E-state index contributed by atoms with van der Waals surface area (Å²) < 4.78 is 51.8. The Morgan fingerprint density at radius 2 is 1.76 bits per heavy atom. The van der Waals surface area contributed by atoms with Gasteiger partial charge in [0.1, 0.15) is 0 Å². The Labute approximate surface area is 116 Å². The molecule has 2 N–H and O–H groups in total.